The molecule has 0 spiro atoms. The van der Waals surface area contributed by atoms with Crippen molar-refractivity contribution >= 4 is 33.8 Å². The van der Waals surface area contributed by atoms with Gasteiger partial charge >= 0.3 is 0 Å². The summed E-state index contributed by atoms with van der Waals surface area (Å²) in [6.07, 6.45) is 0. The van der Waals surface area contributed by atoms with E-state index in [1.165, 1.54) is 0 Å². The SMILES string of the molecule is C=C(Nc1ccc(Cl)cc1)c1cc2ccccc2cc1OCCN. The maximum atomic E-state index is 5.93. The van der Waals surface area contributed by atoms with Crippen molar-refractivity contribution in [3.05, 3.63) is 77.8 Å². The van der Waals surface area contributed by atoms with Crippen LogP contribution in [0.1, 0.15) is 5.56 Å². The van der Waals surface area contributed by atoms with Crippen LogP contribution in [0.2, 0.25) is 5.02 Å². The second kappa shape index (κ2) is 7.39. The largest absolute Gasteiger partial charge is 0.492 e. The zero-order valence-corrected chi connectivity index (χ0v) is 14.0. The van der Waals surface area contributed by atoms with E-state index < -0.39 is 0 Å². The third-order valence-electron chi connectivity index (χ3n) is 3.69. The molecule has 0 aliphatic rings. The Labute approximate surface area is 146 Å². The topological polar surface area (TPSA) is 47.3 Å². The van der Waals surface area contributed by atoms with Gasteiger partial charge in [0.05, 0.1) is 0 Å². The Morgan fingerprint density at radius 2 is 1.71 bits per heavy atom. The first-order chi connectivity index (χ1) is 11.7. The summed E-state index contributed by atoms with van der Waals surface area (Å²) >= 11 is 5.93. The summed E-state index contributed by atoms with van der Waals surface area (Å²) < 4.78 is 5.83. The number of hydrogen-bond donors (Lipinski definition) is 2. The molecule has 0 bridgehead atoms. The summed E-state index contributed by atoms with van der Waals surface area (Å²) in [5.41, 5.74) is 8.17. The Morgan fingerprint density at radius 1 is 1.04 bits per heavy atom. The van der Waals surface area contributed by atoms with Crippen LogP contribution in [0.5, 0.6) is 5.75 Å². The van der Waals surface area contributed by atoms with Gasteiger partial charge in [0.15, 0.2) is 0 Å². The predicted molar refractivity (Wildman–Crippen MR) is 103 cm³/mol. The molecule has 3 N–H and O–H groups in total. The van der Waals surface area contributed by atoms with Crippen molar-refractivity contribution in [2.24, 2.45) is 5.73 Å². The third-order valence-corrected chi connectivity index (χ3v) is 3.94. The summed E-state index contributed by atoms with van der Waals surface area (Å²) in [5, 5.41) is 6.25. The van der Waals surface area contributed by atoms with Crippen molar-refractivity contribution in [2.45, 2.75) is 0 Å². The highest BCUT2D eigenvalue weighted by Crippen LogP contribution is 2.31. The number of benzene rings is 3. The van der Waals surface area contributed by atoms with Gasteiger partial charge in [0, 0.05) is 28.5 Å². The van der Waals surface area contributed by atoms with Crippen LogP contribution in [-0.4, -0.2) is 13.2 Å². The highest BCUT2D eigenvalue weighted by molar-refractivity contribution is 6.30. The fourth-order valence-corrected chi connectivity index (χ4v) is 2.64. The number of anilines is 1. The number of nitrogens with two attached hydrogens (primary N) is 1. The Kier molecular flexibility index (Phi) is 5.04. The molecule has 3 nitrogen and oxygen atoms in total. The van der Waals surface area contributed by atoms with Gasteiger partial charge in [-0.2, -0.15) is 0 Å². The second-order valence-corrected chi connectivity index (χ2v) is 5.88. The fraction of sp³-hybridized carbons (Fsp3) is 0.100. The standard InChI is InChI=1S/C20H19ClN2O/c1-14(23-18-8-6-17(21)7-9-18)19-12-15-4-2-3-5-16(15)13-20(19)24-11-10-22/h2-9,12-13,23H,1,10-11,22H2. The minimum absolute atomic E-state index is 0.458. The van der Waals surface area contributed by atoms with Crippen LogP contribution in [-0.2, 0) is 0 Å². The summed E-state index contributed by atoms with van der Waals surface area (Å²) in [6.45, 7) is 5.08. The normalized spacial score (nSPS) is 10.6. The van der Waals surface area contributed by atoms with Crippen molar-refractivity contribution in [3.63, 3.8) is 0 Å². The average molecular weight is 339 g/mol. The maximum absolute atomic E-state index is 5.93. The van der Waals surface area contributed by atoms with Gasteiger partial charge in [-0.1, -0.05) is 42.4 Å². The van der Waals surface area contributed by atoms with E-state index in [-0.39, 0.29) is 0 Å². The van der Waals surface area contributed by atoms with E-state index in [1.54, 1.807) is 0 Å². The Morgan fingerprint density at radius 3 is 2.38 bits per heavy atom. The highest BCUT2D eigenvalue weighted by Gasteiger charge is 2.10. The van der Waals surface area contributed by atoms with Gasteiger partial charge < -0.3 is 15.8 Å². The molecule has 3 rings (SSSR count). The molecular weight excluding hydrogens is 320 g/mol. The van der Waals surface area contributed by atoms with Crippen molar-refractivity contribution in [1.29, 1.82) is 0 Å². The van der Waals surface area contributed by atoms with Crippen molar-refractivity contribution < 1.29 is 4.74 Å². The summed E-state index contributed by atoms with van der Waals surface area (Å²) in [4.78, 5) is 0. The van der Waals surface area contributed by atoms with E-state index in [0.717, 1.165) is 33.5 Å². The average Bonchev–Trinajstić information content (AvgIpc) is 2.61. The zero-order valence-electron chi connectivity index (χ0n) is 13.3. The second-order valence-electron chi connectivity index (χ2n) is 5.44. The first kappa shape index (κ1) is 16.4. The number of rotatable bonds is 6. The molecule has 0 saturated carbocycles. The lowest BCUT2D eigenvalue weighted by atomic mass is 10.0. The van der Waals surface area contributed by atoms with E-state index in [4.69, 9.17) is 22.1 Å². The van der Waals surface area contributed by atoms with Crippen LogP contribution >= 0.6 is 11.6 Å². The van der Waals surface area contributed by atoms with Crippen LogP contribution in [0.3, 0.4) is 0 Å². The molecule has 0 amide bonds. The molecule has 0 aromatic heterocycles. The molecule has 0 saturated heterocycles. The molecule has 24 heavy (non-hydrogen) atoms. The molecule has 0 unspecified atom stereocenters. The molecule has 0 aliphatic heterocycles. The number of ether oxygens (including phenoxy) is 1. The molecule has 0 radical (unpaired) electrons. The lowest BCUT2D eigenvalue weighted by Gasteiger charge is -2.16. The zero-order chi connectivity index (χ0) is 16.9. The van der Waals surface area contributed by atoms with Crippen LogP contribution in [0.25, 0.3) is 16.5 Å². The van der Waals surface area contributed by atoms with E-state index in [2.05, 4.69) is 30.1 Å². The Bertz CT molecular complexity index is 859. The van der Waals surface area contributed by atoms with Gasteiger partial charge in [-0.05, 0) is 47.2 Å². The number of hydrogen-bond acceptors (Lipinski definition) is 3. The van der Waals surface area contributed by atoms with Gasteiger partial charge in [-0.25, -0.2) is 0 Å². The van der Waals surface area contributed by atoms with Crippen molar-refractivity contribution in [1.82, 2.24) is 0 Å². The summed E-state index contributed by atoms with van der Waals surface area (Å²) in [6, 6.07) is 19.8. The smallest absolute Gasteiger partial charge is 0.129 e. The number of fused-ring (bicyclic) bond motifs is 1. The lowest BCUT2D eigenvalue weighted by molar-refractivity contribution is 0.328. The minimum atomic E-state index is 0.458. The molecule has 4 heteroatoms. The summed E-state index contributed by atoms with van der Waals surface area (Å²) in [7, 11) is 0. The molecule has 0 atom stereocenters. The van der Waals surface area contributed by atoms with Crippen LogP contribution < -0.4 is 15.8 Å². The lowest BCUT2D eigenvalue weighted by Crippen LogP contribution is -2.12. The van der Waals surface area contributed by atoms with Crippen molar-refractivity contribution in [3.8, 4) is 5.75 Å². The van der Waals surface area contributed by atoms with Gasteiger partial charge in [0.1, 0.15) is 12.4 Å². The predicted octanol–water partition coefficient (Wildman–Crippen LogP) is 4.91. The van der Waals surface area contributed by atoms with Gasteiger partial charge in [-0.15, -0.1) is 0 Å². The van der Waals surface area contributed by atoms with Gasteiger partial charge in [0.2, 0.25) is 0 Å². The third kappa shape index (κ3) is 3.70. The van der Waals surface area contributed by atoms with Crippen LogP contribution in [0.15, 0.2) is 67.2 Å². The van der Waals surface area contributed by atoms with Crippen molar-refractivity contribution in [2.75, 3.05) is 18.5 Å². The Hall–Kier alpha value is -2.49. The first-order valence-corrected chi connectivity index (χ1v) is 8.12. The summed E-state index contributed by atoms with van der Waals surface area (Å²) in [5.74, 6) is 0.769. The number of halogens is 1. The monoisotopic (exact) mass is 338 g/mol. The minimum Gasteiger partial charge on any atom is -0.492 e. The van der Waals surface area contributed by atoms with E-state index in [0.29, 0.717) is 18.2 Å². The molecular formula is C20H19ClN2O. The van der Waals surface area contributed by atoms with E-state index >= 15 is 0 Å². The molecule has 3 aromatic carbocycles. The quantitative estimate of drug-likeness (QED) is 0.671. The highest BCUT2D eigenvalue weighted by atomic mass is 35.5. The first-order valence-electron chi connectivity index (χ1n) is 7.75. The maximum Gasteiger partial charge on any atom is 0.129 e. The van der Waals surface area contributed by atoms with Gasteiger partial charge in [-0.3, -0.25) is 0 Å². The molecule has 122 valence electrons. The van der Waals surface area contributed by atoms with E-state index in [9.17, 15) is 0 Å². The molecule has 0 fully saturated rings. The van der Waals surface area contributed by atoms with E-state index in [1.807, 2.05) is 42.5 Å². The fourth-order valence-electron chi connectivity index (χ4n) is 2.52. The molecule has 0 heterocycles. The molecule has 0 aliphatic carbocycles. The van der Waals surface area contributed by atoms with Crippen LogP contribution in [0, 0.1) is 0 Å². The van der Waals surface area contributed by atoms with Gasteiger partial charge in [0.25, 0.3) is 0 Å². The number of nitrogens with one attached hydrogen (secondary N) is 1. The Balaban J connectivity index is 1.95. The van der Waals surface area contributed by atoms with Crippen LogP contribution in [0.4, 0.5) is 5.69 Å². The molecule has 3 aromatic rings.